The van der Waals surface area contributed by atoms with E-state index in [4.69, 9.17) is 4.74 Å². The van der Waals surface area contributed by atoms with Crippen LogP contribution in [0.5, 0.6) is 0 Å². The van der Waals surface area contributed by atoms with Gasteiger partial charge in [0.25, 0.3) is 5.56 Å². The summed E-state index contributed by atoms with van der Waals surface area (Å²) in [4.78, 5) is 37.5. The Kier molecular flexibility index (Phi) is 11.9. The van der Waals surface area contributed by atoms with E-state index in [0.717, 1.165) is 42.6 Å². The van der Waals surface area contributed by atoms with Crippen molar-refractivity contribution < 1.29 is 9.53 Å². The Morgan fingerprint density at radius 2 is 1.82 bits per heavy atom. The number of carbonyl (C=O) groups excluding carboxylic acids is 1. The van der Waals surface area contributed by atoms with Crippen molar-refractivity contribution in [2.45, 2.75) is 82.4 Å². The van der Waals surface area contributed by atoms with Crippen molar-refractivity contribution in [1.29, 1.82) is 0 Å². The van der Waals surface area contributed by atoms with Gasteiger partial charge in [-0.3, -0.25) is 14.2 Å². The second-order valence-corrected chi connectivity index (χ2v) is 9.92. The zero-order valence-corrected chi connectivity index (χ0v) is 21.7. The largest absolute Gasteiger partial charge is 0.465 e. The molecule has 1 heterocycles. The molecule has 0 bridgehead atoms. The first-order chi connectivity index (χ1) is 16.3. The van der Waals surface area contributed by atoms with Crippen LogP contribution in [-0.2, 0) is 29.5 Å². The number of aromatic nitrogens is 3. The van der Waals surface area contributed by atoms with Crippen molar-refractivity contribution in [3.63, 3.8) is 0 Å². The fraction of sp³-hybridized carbons (Fsp3) is 0.600. The molecule has 0 amide bonds. The Hall–Kier alpha value is -2.55. The number of hydrogen-bond acceptors (Lipinski definition) is 7. The summed E-state index contributed by atoms with van der Waals surface area (Å²) in [5.74, 6) is 0.0280. The molecule has 0 aliphatic carbocycles. The van der Waals surface area contributed by atoms with Gasteiger partial charge in [-0.15, -0.1) is 16.9 Å². The lowest BCUT2D eigenvalue weighted by molar-refractivity contribution is -0.143. The number of carbonyl (C=O) groups is 1. The molecule has 1 N–H and O–H groups in total. The number of rotatable bonds is 15. The summed E-state index contributed by atoms with van der Waals surface area (Å²) in [5.41, 5.74) is 0.393. The van der Waals surface area contributed by atoms with E-state index in [1.165, 1.54) is 15.7 Å². The zero-order chi connectivity index (χ0) is 24.9. The van der Waals surface area contributed by atoms with Crippen LogP contribution >= 0.6 is 11.8 Å². The molecule has 2 aromatic rings. The van der Waals surface area contributed by atoms with Crippen molar-refractivity contribution >= 4 is 23.5 Å². The molecule has 8 nitrogen and oxygen atoms in total. The maximum Gasteiger partial charge on any atom is 0.347 e. The van der Waals surface area contributed by atoms with Crippen LogP contribution in [0.15, 0.2) is 38.8 Å². The quantitative estimate of drug-likeness (QED) is 0.229. The topological polar surface area (TPSA) is 95.2 Å². The minimum Gasteiger partial charge on any atom is -0.465 e. The lowest BCUT2D eigenvalue weighted by Crippen LogP contribution is -2.42. The molecule has 0 aliphatic heterocycles. The highest BCUT2D eigenvalue weighted by molar-refractivity contribution is 8.00. The van der Waals surface area contributed by atoms with Gasteiger partial charge in [-0.05, 0) is 37.5 Å². The Labute approximate surface area is 206 Å². The maximum absolute atomic E-state index is 12.8. The summed E-state index contributed by atoms with van der Waals surface area (Å²) in [7, 11) is 1.57. The number of aryl methyl sites for hydroxylation is 1. The van der Waals surface area contributed by atoms with Crippen LogP contribution in [0.4, 0.5) is 5.82 Å². The molecule has 9 heteroatoms. The van der Waals surface area contributed by atoms with Gasteiger partial charge in [-0.2, -0.15) is 0 Å². The molecule has 0 fully saturated rings. The summed E-state index contributed by atoms with van der Waals surface area (Å²) in [6.45, 7) is 7.32. The van der Waals surface area contributed by atoms with Gasteiger partial charge in [0, 0.05) is 36.7 Å². The average molecular weight is 491 g/mol. The van der Waals surface area contributed by atoms with Gasteiger partial charge < -0.3 is 10.1 Å². The van der Waals surface area contributed by atoms with Crippen molar-refractivity contribution in [1.82, 2.24) is 14.3 Å². The number of nitrogens with zero attached hydrogens (tertiary/aromatic N) is 3. The first-order valence-electron chi connectivity index (χ1n) is 12.2. The van der Waals surface area contributed by atoms with Gasteiger partial charge in [0.1, 0.15) is 6.61 Å². The first-order valence-corrected chi connectivity index (χ1v) is 13.1. The van der Waals surface area contributed by atoms with Gasteiger partial charge in [-0.1, -0.05) is 51.7 Å². The molecule has 0 saturated heterocycles. The monoisotopic (exact) mass is 490 g/mol. The summed E-state index contributed by atoms with van der Waals surface area (Å²) in [6.07, 6.45) is 6.36. The molecule has 1 atom stereocenters. The second-order valence-electron chi connectivity index (χ2n) is 8.41. The van der Waals surface area contributed by atoms with Gasteiger partial charge in [0.2, 0.25) is 5.82 Å². The number of benzene rings is 1. The lowest BCUT2D eigenvalue weighted by atomic mass is 10.1. The lowest BCUT2D eigenvalue weighted by Gasteiger charge is -2.12. The van der Waals surface area contributed by atoms with Gasteiger partial charge >= 0.3 is 11.7 Å². The second kappa shape index (κ2) is 14.7. The molecule has 0 spiro atoms. The highest BCUT2D eigenvalue weighted by Gasteiger charge is 2.11. The number of unbranched alkanes of at least 4 members (excludes halogenated alkanes) is 4. The number of thioether (sulfide) groups is 1. The molecule has 188 valence electrons. The normalized spacial score (nSPS) is 11.9. The van der Waals surface area contributed by atoms with Crippen LogP contribution in [0.2, 0.25) is 0 Å². The van der Waals surface area contributed by atoms with E-state index < -0.39 is 0 Å². The minimum atomic E-state index is -0.377. The van der Waals surface area contributed by atoms with Crippen molar-refractivity contribution in [2.24, 2.45) is 7.05 Å². The Morgan fingerprint density at radius 3 is 2.50 bits per heavy atom. The fourth-order valence-corrected chi connectivity index (χ4v) is 4.34. The van der Waals surface area contributed by atoms with E-state index >= 15 is 0 Å². The molecule has 1 aromatic carbocycles. The number of anilines is 1. The third-order valence-electron chi connectivity index (χ3n) is 5.43. The van der Waals surface area contributed by atoms with Crippen molar-refractivity contribution in [3.8, 4) is 0 Å². The molecule has 2 rings (SSSR count). The number of esters is 1. The SMILES string of the molecule is CCCCCCCn1c(=O)c(NCCc2ccc(SC(C)COC(=O)CC)cc2)nn(C)c1=O. The summed E-state index contributed by atoms with van der Waals surface area (Å²) < 4.78 is 7.70. The van der Waals surface area contributed by atoms with Crippen LogP contribution in [0.1, 0.15) is 64.9 Å². The van der Waals surface area contributed by atoms with E-state index in [9.17, 15) is 14.4 Å². The molecule has 1 aromatic heterocycles. The smallest absolute Gasteiger partial charge is 0.347 e. The van der Waals surface area contributed by atoms with Gasteiger partial charge in [0.15, 0.2) is 0 Å². The van der Waals surface area contributed by atoms with Crippen LogP contribution in [0, 0.1) is 0 Å². The van der Waals surface area contributed by atoms with Gasteiger partial charge in [0.05, 0.1) is 0 Å². The van der Waals surface area contributed by atoms with E-state index in [0.29, 0.717) is 26.1 Å². The Bertz CT molecular complexity index is 1020. The molecule has 1 unspecified atom stereocenters. The number of hydrogen-bond donors (Lipinski definition) is 1. The summed E-state index contributed by atoms with van der Waals surface area (Å²) >= 11 is 1.66. The van der Waals surface area contributed by atoms with Crippen LogP contribution < -0.4 is 16.6 Å². The molecule has 0 saturated carbocycles. The number of ether oxygens (including phenoxy) is 1. The predicted molar refractivity (Wildman–Crippen MR) is 138 cm³/mol. The molecular weight excluding hydrogens is 452 g/mol. The van der Waals surface area contributed by atoms with Crippen LogP contribution in [0.3, 0.4) is 0 Å². The Balaban J connectivity index is 1.88. The number of nitrogens with one attached hydrogen (secondary N) is 1. The molecule has 34 heavy (non-hydrogen) atoms. The van der Waals surface area contributed by atoms with E-state index in [1.54, 1.807) is 25.7 Å². The van der Waals surface area contributed by atoms with E-state index in [1.807, 2.05) is 19.1 Å². The molecule has 0 radical (unpaired) electrons. The minimum absolute atomic E-state index is 0.174. The third kappa shape index (κ3) is 9.00. The van der Waals surface area contributed by atoms with E-state index in [-0.39, 0.29) is 28.3 Å². The Morgan fingerprint density at radius 1 is 1.12 bits per heavy atom. The highest BCUT2D eigenvalue weighted by atomic mass is 32.2. The summed E-state index contributed by atoms with van der Waals surface area (Å²) in [5, 5.41) is 7.40. The standard InChI is InChI=1S/C25H38N4O4S/c1-5-7-8-9-10-17-29-24(31)23(27-28(4)25(29)32)26-16-15-20-11-13-21(14-12-20)34-19(3)18-33-22(30)6-2/h11-14,19H,5-10,15-18H2,1-4H3,(H,26,27). The van der Waals surface area contributed by atoms with Crippen molar-refractivity contribution in [2.75, 3.05) is 18.5 Å². The fourth-order valence-electron chi connectivity index (χ4n) is 3.45. The van der Waals surface area contributed by atoms with Crippen LogP contribution in [0.25, 0.3) is 0 Å². The predicted octanol–water partition coefficient (Wildman–Crippen LogP) is 4.00. The maximum atomic E-state index is 12.8. The zero-order valence-electron chi connectivity index (χ0n) is 20.8. The van der Waals surface area contributed by atoms with Crippen LogP contribution in [-0.4, -0.2) is 38.7 Å². The van der Waals surface area contributed by atoms with Gasteiger partial charge in [-0.25, -0.2) is 9.48 Å². The van der Waals surface area contributed by atoms with E-state index in [2.05, 4.69) is 29.5 Å². The highest BCUT2D eigenvalue weighted by Crippen LogP contribution is 2.24. The van der Waals surface area contributed by atoms with Crippen molar-refractivity contribution in [3.05, 3.63) is 50.7 Å². The molecule has 0 aliphatic rings. The average Bonchev–Trinajstić information content (AvgIpc) is 2.83. The third-order valence-corrected chi connectivity index (χ3v) is 6.51. The first kappa shape index (κ1) is 27.7. The summed E-state index contributed by atoms with van der Waals surface area (Å²) in [6, 6.07) is 8.21. The molecular formula is C25H38N4O4S.